The number of benzene rings is 2. The average molecular weight is 356 g/mol. The number of halogens is 1. The van der Waals surface area contributed by atoms with Crippen LogP contribution >= 0.6 is 0 Å². The Morgan fingerprint density at radius 3 is 2.38 bits per heavy atom. The smallest absolute Gasteiger partial charge is 0.226 e. The van der Waals surface area contributed by atoms with Crippen molar-refractivity contribution in [1.82, 2.24) is 9.80 Å². The molecular formula is C21H25FN2O2. The van der Waals surface area contributed by atoms with Gasteiger partial charge in [0.15, 0.2) is 0 Å². The fraction of sp³-hybridized carbons (Fsp3) is 0.381. The van der Waals surface area contributed by atoms with Crippen molar-refractivity contribution >= 4 is 5.91 Å². The molecule has 1 saturated heterocycles. The van der Waals surface area contributed by atoms with E-state index in [1.54, 1.807) is 6.07 Å². The highest BCUT2D eigenvalue weighted by Crippen LogP contribution is 2.11. The van der Waals surface area contributed by atoms with Gasteiger partial charge in [0.1, 0.15) is 11.6 Å². The number of rotatable bonds is 7. The third-order valence-electron chi connectivity index (χ3n) is 4.71. The summed E-state index contributed by atoms with van der Waals surface area (Å²) in [5.74, 6) is 0.785. The van der Waals surface area contributed by atoms with Gasteiger partial charge in [0.25, 0.3) is 0 Å². The van der Waals surface area contributed by atoms with E-state index >= 15 is 0 Å². The summed E-state index contributed by atoms with van der Waals surface area (Å²) in [7, 11) is 0. The Morgan fingerprint density at radius 2 is 1.65 bits per heavy atom. The summed E-state index contributed by atoms with van der Waals surface area (Å²) in [6.45, 7) is 4.33. The standard InChI is InChI=1S/C21H25FN2O2/c22-20-9-5-4-6-18(20)10-12-23-13-15-24(16-14-23)21(25)11-17-26-19-7-2-1-3-8-19/h1-9H,10-17H2. The van der Waals surface area contributed by atoms with Crippen LogP contribution in [0.3, 0.4) is 0 Å². The minimum atomic E-state index is -0.139. The molecule has 0 saturated carbocycles. The highest BCUT2D eigenvalue weighted by molar-refractivity contribution is 5.76. The zero-order valence-electron chi connectivity index (χ0n) is 14.9. The Balaban J connectivity index is 1.35. The van der Waals surface area contributed by atoms with Crippen LogP contribution < -0.4 is 4.74 Å². The number of para-hydroxylation sites is 1. The van der Waals surface area contributed by atoms with E-state index in [2.05, 4.69) is 4.90 Å². The molecule has 1 fully saturated rings. The van der Waals surface area contributed by atoms with Crippen molar-refractivity contribution < 1.29 is 13.9 Å². The summed E-state index contributed by atoms with van der Waals surface area (Å²) in [6, 6.07) is 16.5. The first-order chi connectivity index (χ1) is 12.7. The van der Waals surface area contributed by atoms with Crippen molar-refractivity contribution in [2.24, 2.45) is 0 Å². The predicted octanol–water partition coefficient (Wildman–Crippen LogP) is 2.98. The lowest BCUT2D eigenvalue weighted by molar-refractivity contribution is -0.133. The summed E-state index contributed by atoms with van der Waals surface area (Å²) < 4.78 is 19.3. The molecule has 3 rings (SSSR count). The van der Waals surface area contributed by atoms with Crippen LogP contribution in [0.25, 0.3) is 0 Å². The van der Waals surface area contributed by atoms with Gasteiger partial charge >= 0.3 is 0 Å². The number of nitrogens with zero attached hydrogens (tertiary/aromatic N) is 2. The molecular weight excluding hydrogens is 331 g/mol. The molecule has 138 valence electrons. The SMILES string of the molecule is O=C(CCOc1ccccc1)N1CCN(CCc2ccccc2F)CC1. The third-order valence-corrected chi connectivity index (χ3v) is 4.71. The quantitative estimate of drug-likeness (QED) is 0.765. The highest BCUT2D eigenvalue weighted by atomic mass is 19.1. The summed E-state index contributed by atoms with van der Waals surface area (Å²) in [4.78, 5) is 16.5. The van der Waals surface area contributed by atoms with Crippen molar-refractivity contribution in [3.8, 4) is 5.75 Å². The molecule has 2 aromatic carbocycles. The Hall–Kier alpha value is -2.40. The Kier molecular flexibility index (Phi) is 6.61. The van der Waals surface area contributed by atoms with Crippen LogP contribution in [0, 0.1) is 5.82 Å². The van der Waals surface area contributed by atoms with Crippen LogP contribution in [0.5, 0.6) is 5.75 Å². The Morgan fingerprint density at radius 1 is 0.962 bits per heavy atom. The lowest BCUT2D eigenvalue weighted by atomic mass is 10.1. The molecule has 26 heavy (non-hydrogen) atoms. The van der Waals surface area contributed by atoms with Gasteiger partial charge in [-0.1, -0.05) is 36.4 Å². The van der Waals surface area contributed by atoms with E-state index in [4.69, 9.17) is 4.74 Å². The number of carbonyl (C=O) groups is 1. The minimum absolute atomic E-state index is 0.134. The van der Waals surface area contributed by atoms with Gasteiger partial charge in [-0.3, -0.25) is 9.69 Å². The normalized spacial score (nSPS) is 15.0. The molecule has 1 heterocycles. The third kappa shape index (κ3) is 5.30. The molecule has 0 N–H and O–H groups in total. The Bertz CT molecular complexity index is 700. The molecule has 1 amide bonds. The van der Waals surface area contributed by atoms with Crippen LogP contribution in [-0.4, -0.2) is 55.0 Å². The molecule has 4 nitrogen and oxygen atoms in total. The van der Waals surface area contributed by atoms with Gasteiger partial charge in [-0.2, -0.15) is 0 Å². The summed E-state index contributed by atoms with van der Waals surface area (Å²) in [5.41, 5.74) is 0.754. The second kappa shape index (κ2) is 9.34. The van der Waals surface area contributed by atoms with Gasteiger partial charge in [-0.05, 0) is 30.2 Å². The fourth-order valence-corrected chi connectivity index (χ4v) is 3.13. The van der Waals surface area contributed by atoms with Crippen LogP contribution in [0.2, 0.25) is 0 Å². The second-order valence-corrected chi connectivity index (χ2v) is 6.48. The first-order valence-corrected chi connectivity index (χ1v) is 9.14. The van der Waals surface area contributed by atoms with E-state index in [-0.39, 0.29) is 11.7 Å². The zero-order valence-corrected chi connectivity index (χ0v) is 14.9. The first-order valence-electron chi connectivity index (χ1n) is 9.14. The number of piperazine rings is 1. The average Bonchev–Trinajstić information content (AvgIpc) is 2.68. The summed E-state index contributed by atoms with van der Waals surface area (Å²) in [5, 5.41) is 0. The molecule has 5 heteroatoms. The van der Waals surface area contributed by atoms with Crippen LogP contribution in [0.1, 0.15) is 12.0 Å². The lowest BCUT2D eigenvalue weighted by Gasteiger charge is -2.34. The van der Waals surface area contributed by atoms with E-state index < -0.39 is 0 Å². The first kappa shape index (κ1) is 18.4. The molecule has 0 aliphatic carbocycles. The van der Waals surface area contributed by atoms with Gasteiger partial charge in [-0.25, -0.2) is 4.39 Å². The van der Waals surface area contributed by atoms with Gasteiger partial charge in [-0.15, -0.1) is 0 Å². The highest BCUT2D eigenvalue weighted by Gasteiger charge is 2.20. The van der Waals surface area contributed by atoms with E-state index in [1.165, 1.54) is 6.07 Å². The molecule has 0 unspecified atom stereocenters. The Labute approximate surface area is 154 Å². The maximum atomic E-state index is 13.7. The number of amides is 1. The molecule has 0 atom stereocenters. The molecule has 0 spiro atoms. The minimum Gasteiger partial charge on any atom is -0.493 e. The van der Waals surface area contributed by atoms with E-state index in [0.717, 1.165) is 44.0 Å². The maximum absolute atomic E-state index is 13.7. The largest absolute Gasteiger partial charge is 0.493 e. The van der Waals surface area contributed by atoms with Crippen LogP contribution in [-0.2, 0) is 11.2 Å². The number of hydrogen-bond acceptors (Lipinski definition) is 3. The number of hydrogen-bond donors (Lipinski definition) is 0. The molecule has 1 aliphatic heterocycles. The molecule has 0 radical (unpaired) electrons. The molecule has 0 aromatic heterocycles. The molecule has 1 aliphatic rings. The second-order valence-electron chi connectivity index (χ2n) is 6.48. The van der Waals surface area contributed by atoms with Crippen molar-refractivity contribution in [1.29, 1.82) is 0 Å². The topological polar surface area (TPSA) is 32.8 Å². The lowest BCUT2D eigenvalue weighted by Crippen LogP contribution is -2.49. The monoisotopic (exact) mass is 356 g/mol. The van der Waals surface area contributed by atoms with Crippen molar-refractivity contribution in [3.63, 3.8) is 0 Å². The van der Waals surface area contributed by atoms with E-state index in [9.17, 15) is 9.18 Å². The molecule has 2 aromatic rings. The molecule has 0 bridgehead atoms. The maximum Gasteiger partial charge on any atom is 0.226 e. The van der Waals surface area contributed by atoms with Gasteiger partial charge in [0.2, 0.25) is 5.91 Å². The van der Waals surface area contributed by atoms with Crippen LogP contribution in [0.15, 0.2) is 54.6 Å². The van der Waals surface area contributed by atoms with Gasteiger partial charge < -0.3 is 9.64 Å². The van der Waals surface area contributed by atoms with Crippen molar-refractivity contribution in [3.05, 3.63) is 66.0 Å². The summed E-state index contributed by atoms with van der Waals surface area (Å²) in [6.07, 6.45) is 1.09. The van der Waals surface area contributed by atoms with Gasteiger partial charge in [0, 0.05) is 32.7 Å². The number of carbonyl (C=O) groups excluding carboxylic acids is 1. The predicted molar refractivity (Wildman–Crippen MR) is 99.7 cm³/mol. The van der Waals surface area contributed by atoms with Gasteiger partial charge in [0.05, 0.1) is 13.0 Å². The summed E-state index contributed by atoms with van der Waals surface area (Å²) >= 11 is 0. The van der Waals surface area contributed by atoms with Crippen molar-refractivity contribution in [2.45, 2.75) is 12.8 Å². The van der Waals surface area contributed by atoms with E-state index in [0.29, 0.717) is 19.4 Å². The fourth-order valence-electron chi connectivity index (χ4n) is 3.13. The van der Waals surface area contributed by atoms with Crippen molar-refractivity contribution in [2.75, 3.05) is 39.3 Å². The zero-order chi connectivity index (χ0) is 18.2. The van der Waals surface area contributed by atoms with E-state index in [1.807, 2.05) is 47.4 Å². The van der Waals surface area contributed by atoms with Crippen LogP contribution in [0.4, 0.5) is 4.39 Å². The number of ether oxygens (including phenoxy) is 1.